The van der Waals surface area contributed by atoms with Crippen LogP contribution in [0.2, 0.25) is 0 Å². The minimum atomic E-state index is -0.255. The lowest BCUT2D eigenvalue weighted by Gasteiger charge is -1.99. The number of carbonyl (C=O) groups excluding carboxylic acids is 1. The minimum Gasteiger partial charge on any atom is -0.492 e. The number of hydrogen-bond acceptors (Lipinski definition) is 5. The molecule has 0 bridgehead atoms. The second-order valence-electron chi connectivity index (χ2n) is 3.73. The summed E-state index contributed by atoms with van der Waals surface area (Å²) < 4.78 is 6.15. The molecular formula is C11H13N3O3. The molecule has 1 N–H and O–H groups in total. The number of esters is 1. The lowest BCUT2D eigenvalue weighted by Crippen LogP contribution is -2.01. The number of aromatic hydroxyl groups is 1. The summed E-state index contributed by atoms with van der Waals surface area (Å²) in [5.41, 5.74) is 2.41. The van der Waals surface area contributed by atoms with E-state index in [1.165, 1.54) is 13.4 Å². The van der Waals surface area contributed by atoms with Gasteiger partial charge in [0.15, 0.2) is 0 Å². The van der Waals surface area contributed by atoms with Gasteiger partial charge in [-0.05, 0) is 24.5 Å². The molecule has 0 unspecified atom stereocenters. The molecule has 6 heteroatoms. The van der Waals surface area contributed by atoms with Crippen LogP contribution in [-0.4, -0.2) is 32.8 Å². The van der Waals surface area contributed by atoms with Gasteiger partial charge in [0, 0.05) is 12.6 Å². The van der Waals surface area contributed by atoms with Crippen LogP contribution >= 0.6 is 0 Å². The van der Waals surface area contributed by atoms with Gasteiger partial charge >= 0.3 is 5.97 Å². The van der Waals surface area contributed by atoms with E-state index >= 15 is 0 Å². The van der Waals surface area contributed by atoms with Crippen molar-refractivity contribution in [3.05, 3.63) is 23.7 Å². The fraction of sp³-hybridized carbons (Fsp3) is 0.364. The number of methoxy groups -OCH3 is 1. The molecular weight excluding hydrogens is 222 g/mol. The third-order valence-corrected chi connectivity index (χ3v) is 2.74. The maximum atomic E-state index is 11.1. The number of ether oxygens (including phenoxy) is 1. The average molecular weight is 235 g/mol. The van der Waals surface area contributed by atoms with Crippen LogP contribution in [0.1, 0.15) is 17.5 Å². The first kappa shape index (κ1) is 11.4. The molecule has 2 aromatic heterocycles. The summed E-state index contributed by atoms with van der Waals surface area (Å²) in [7, 11) is 1.36. The van der Waals surface area contributed by atoms with E-state index in [2.05, 4.69) is 14.8 Å². The van der Waals surface area contributed by atoms with E-state index in [0.29, 0.717) is 18.4 Å². The molecule has 2 rings (SSSR count). The Hall–Kier alpha value is -2.11. The number of hydrogen-bond donors (Lipinski definition) is 1. The molecule has 0 aliphatic heterocycles. The summed E-state index contributed by atoms with van der Waals surface area (Å²) in [5, 5.41) is 13.6. The van der Waals surface area contributed by atoms with Gasteiger partial charge in [0.25, 0.3) is 0 Å². The standard InChI is InChI=1S/C11H13N3O3/c1-7-8(3-4-9(15)17-2)5-14-10(7)11(16)12-6-13-14/h5-6H,3-4H2,1-2H3,(H,12,13,16). The maximum absolute atomic E-state index is 11.1. The van der Waals surface area contributed by atoms with Gasteiger partial charge < -0.3 is 9.84 Å². The number of aromatic nitrogens is 3. The van der Waals surface area contributed by atoms with Crippen molar-refractivity contribution in [1.82, 2.24) is 14.6 Å². The SMILES string of the molecule is COC(=O)CCc1cn2ncnc(O)c2c1C. The van der Waals surface area contributed by atoms with E-state index in [4.69, 9.17) is 0 Å². The van der Waals surface area contributed by atoms with E-state index in [9.17, 15) is 9.90 Å². The highest BCUT2D eigenvalue weighted by molar-refractivity contribution is 5.70. The Labute approximate surface area is 97.9 Å². The normalized spacial score (nSPS) is 10.7. The zero-order chi connectivity index (χ0) is 12.4. The highest BCUT2D eigenvalue weighted by atomic mass is 16.5. The van der Waals surface area contributed by atoms with Gasteiger partial charge in [0.2, 0.25) is 5.88 Å². The molecule has 2 aromatic rings. The zero-order valence-corrected chi connectivity index (χ0v) is 9.67. The van der Waals surface area contributed by atoms with E-state index in [0.717, 1.165) is 11.1 Å². The van der Waals surface area contributed by atoms with Gasteiger partial charge in [0.05, 0.1) is 7.11 Å². The van der Waals surface area contributed by atoms with Crippen molar-refractivity contribution in [1.29, 1.82) is 0 Å². The van der Waals surface area contributed by atoms with Crippen molar-refractivity contribution in [2.75, 3.05) is 7.11 Å². The van der Waals surface area contributed by atoms with Crippen molar-refractivity contribution in [3.8, 4) is 5.88 Å². The van der Waals surface area contributed by atoms with Gasteiger partial charge in [0.1, 0.15) is 11.8 Å². The molecule has 0 aliphatic rings. The van der Waals surface area contributed by atoms with Crippen molar-refractivity contribution in [2.45, 2.75) is 19.8 Å². The van der Waals surface area contributed by atoms with Crippen LogP contribution in [0.25, 0.3) is 5.52 Å². The van der Waals surface area contributed by atoms with E-state index < -0.39 is 0 Å². The molecule has 0 saturated carbocycles. The fourth-order valence-electron chi connectivity index (χ4n) is 1.78. The van der Waals surface area contributed by atoms with Crippen LogP contribution < -0.4 is 0 Å². The quantitative estimate of drug-likeness (QED) is 0.798. The largest absolute Gasteiger partial charge is 0.492 e. The molecule has 2 heterocycles. The minimum absolute atomic E-state index is 0.0539. The number of aryl methyl sites for hydroxylation is 2. The fourth-order valence-corrected chi connectivity index (χ4v) is 1.78. The lowest BCUT2D eigenvalue weighted by molar-refractivity contribution is -0.140. The Morgan fingerprint density at radius 2 is 2.35 bits per heavy atom. The first-order chi connectivity index (χ1) is 8.13. The van der Waals surface area contributed by atoms with E-state index in [1.54, 1.807) is 10.7 Å². The van der Waals surface area contributed by atoms with Crippen LogP contribution in [0.15, 0.2) is 12.5 Å². The number of nitrogens with zero attached hydrogens (tertiary/aromatic N) is 3. The Morgan fingerprint density at radius 1 is 1.59 bits per heavy atom. The Kier molecular flexibility index (Phi) is 2.95. The monoisotopic (exact) mass is 235 g/mol. The number of carbonyl (C=O) groups is 1. The molecule has 0 radical (unpaired) electrons. The molecule has 0 spiro atoms. The Balaban J connectivity index is 2.33. The second kappa shape index (κ2) is 4.40. The molecule has 0 aliphatic carbocycles. The third kappa shape index (κ3) is 2.06. The topological polar surface area (TPSA) is 76.7 Å². The van der Waals surface area contributed by atoms with Crippen LogP contribution in [-0.2, 0) is 16.0 Å². The number of rotatable bonds is 3. The summed E-state index contributed by atoms with van der Waals surface area (Å²) in [5.74, 6) is -0.309. The smallest absolute Gasteiger partial charge is 0.305 e. The zero-order valence-electron chi connectivity index (χ0n) is 9.67. The first-order valence-electron chi connectivity index (χ1n) is 5.21. The molecule has 0 amide bonds. The third-order valence-electron chi connectivity index (χ3n) is 2.74. The second-order valence-corrected chi connectivity index (χ2v) is 3.73. The maximum Gasteiger partial charge on any atom is 0.305 e. The summed E-state index contributed by atoms with van der Waals surface area (Å²) in [4.78, 5) is 14.8. The van der Waals surface area contributed by atoms with Crippen LogP contribution in [0, 0.1) is 6.92 Å². The van der Waals surface area contributed by atoms with E-state index in [1.807, 2.05) is 6.92 Å². The van der Waals surface area contributed by atoms with Crippen LogP contribution in [0.3, 0.4) is 0 Å². The summed E-state index contributed by atoms with van der Waals surface area (Å²) in [6.45, 7) is 1.87. The van der Waals surface area contributed by atoms with Gasteiger partial charge in [-0.3, -0.25) is 4.79 Å². The molecule has 90 valence electrons. The molecule has 0 fully saturated rings. The average Bonchev–Trinajstić information content (AvgIpc) is 2.64. The molecule has 17 heavy (non-hydrogen) atoms. The van der Waals surface area contributed by atoms with Crippen molar-refractivity contribution in [2.24, 2.45) is 0 Å². The van der Waals surface area contributed by atoms with Gasteiger partial charge in [-0.15, -0.1) is 0 Å². The predicted octanol–water partition coefficient (Wildman–Crippen LogP) is 0.849. The van der Waals surface area contributed by atoms with Gasteiger partial charge in [-0.1, -0.05) is 0 Å². The molecule has 6 nitrogen and oxygen atoms in total. The summed E-state index contributed by atoms with van der Waals surface area (Å²) in [6, 6.07) is 0. The van der Waals surface area contributed by atoms with E-state index in [-0.39, 0.29) is 11.8 Å². The molecule has 0 atom stereocenters. The predicted molar refractivity (Wildman–Crippen MR) is 59.7 cm³/mol. The van der Waals surface area contributed by atoms with Crippen LogP contribution in [0.5, 0.6) is 5.88 Å². The number of fused-ring (bicyclic) bond motifs is 1. The Morgan fingerprint density at radius 3 is 3.00 bits per heavy atom. The molecule has 0 aromatic carbocycles. The first-order valence-corrected chi connectivity index (χ1v) is 5.21. The van der Waals surface area contributed by atoms with Gasteiger partial charge in [-0.2, -0.15) is 10.1 Å². The highest BCUT2D eigenvalue weighted by Crippen LogP contribution is 2.23. The highest BCUT2D eigenvalue weighted by Gasteiger charge is 2.12. The van der Waals surface area contributed by atoms with Crippen molar-refractivity contribution < 1.29 is 14.6 Å². The van der Waals surface area contributed by atoms with Gasteiger partial charge in [-0.25, -0.2) is 4.52 Å². The molecule has 0 saturated heterocycles. The summed E-state index contributed by atoms with van der Waals surface area (Å²) >= 11 is 0. The Bertz CT molecular complexity index is 562. The van der Waals surface area contributed by atoms with Crippen LogP contribution in [0.4, 0.5) is 0 Å². The van der Waals surface area contributed by atoms with Crippen molar-refractivity contribution in [3.63, 3.8) is 0 Å². The lowest BCUT2D eigenvalue weighted by atomic mass is 10.1. The van der Waals surface area contributed by atoms with Crippen molar-refractivity contribution >= 4 is 11.5 Å². The summed E-state index contributed by atoms with van der Waals surface area (Å²) in [6.07, 6.45) is 3.94.